The molecule has 0 aromatic rings. The van der Waals surface area contributed by atoms with Crippen molar-refractivity contribution in [3.8, 4) is 0 Å². The standard InChI is InChI=1S/C3H9O4P.Ca/c1-3(2)7-8(4,5)6;/h3H,1-2H3,(H2,4,5,6);/q;+2/p-2. The molecule has 0 aromatic carbocycles. The minimum absolute atomic E-state index is 0. The maximum absolute atomic E-state index is 9.69. The van der Waals surface area contributed by atoms with Crippen molar-refractivity contribution in [1.29, 1.82) is 0 Å². The van der Waals surface area contributed by atoms with Gasteiger partial charge in [0.15, 0.2) is 0 Å². The largest absolute Gasteiger partial charge is 2.00 e. The van der Waals surface area contributed by atoms with Crippen LogP contribution in [0.3, 0.4) is 0 Å². The molecule has 0 atom stereocenters. The third-order valence-corrected chi connectivity index (χ3v) is 1.02. The van der Waals surface area contributed by atoms with Crippen molar-refractivity contribution in [3.63, 3.8) is 0 Å². The molecule has 4 nitrogen and oxygen atoms in total. The van der Waals surface area contributed by atoms with E-state index in [2.05, 4.69) is 4.52 Å². The van der Waals surface area contributed by atoms with Crippen LogP contribution in [0, 0.1) is 0 Å². The molecule has 0 saturated heterocycles. The molecule has 0 aliphatic rings. The van der Waals surface area contributed by atoms with Gasteiger partial charge in [-0.05, 0) is 13.8 Å². The van der Waals surface area contributed by atoms with Gasteiger partial charge in [-0.2, -0.15) is 0 Å². The summed E-state index contributed by atoms with van der Waals surface area (Å²) in [6.07, 6.45) is -0.546. The van der Waals surface area contributed by atoms with Crippen LogP contribution >= 0.6 is 7.82 Å². The van der Waals surface area contributed by atoms with Crippen molar-refractivity contribution in [3.05, 3.63) is 0 Å². The minimum Gasteiger partial charge on any atom is -0.790 e. The third kappa shape index (κ3) is 12.5. The van der Waals surface area contributed by atoms with Gasteiger partial charge in [0.05, 0.1) is 13.9 Å². The molecule has 0 fully saturated rings. The monoisotopic (exact) mass is 178 g/mol. The fourth-order valence-electron chi connectivity index (χ4n) is 0.258. The van der Waals surface area contributed by atoms with E-state index in [1.54, 1.807) is 0 Å². The Morgan fingerprint density at radius 1 is 1.44 bits per heavy atom. The van der Waals surface area contributed by atoms with Gasteiger partial charge >= 0.3 is 37.7 Å². The van der Waals surface area contributed by atoms with Gasteiger partial charge in [0, 0.05) is 0 Å². The van der Waals surface area contributed by atoms with Crippen molar-refractivity contribution in [1.82, 2.24) is 0 Å². The van der Waals surface area contributed by atoms with Gasteiger partial charge in [-0.15, -0.1) is 0 Å². The van der Waals surface area contributed by atoms with Crippen LogP contribution in [0.5, 0.6) is 0 Å². The second-order valence-corrected chi connectivity index (χ2v) is 2.71. The van der Waals surface area contributed by atoms with Crippen molar-refractivity contribution >= 4 is 45.6 Å². The summed E-state index contributed by atoms with van der Waals surface area (Å²) in [5.74, 6) is 0. The summed E-state index contributed by atoms with van der Waals surface area (Å²) in [5.41, 5.74) is 0. The summed E-state index contributed by atoms with van der Waals surface area (Å²) in [7, 11) is -4.72. The number of rotatable bonds is 2. The molecule has 50 valence electrons. The van der Waals surface area contributed by atoms with Gasteiger partial charge in [-0.3, -0.25) is 0 Å². The molecule has 0 amide bonds. The van der Waals surface area contributed by atoms with Gasteiger partial charge < -0.3 is 18.9 Å². The molecule has 0 spiro atoms. The van der Waals surface area contributed by atoms with Crippen molar-refractivity contribution in [2.24, 2.45) is 0 Å². The zero-order valence-corrected chi connectivity index (χ0v) is 8.47. The van der Waals surface area contributed by atoms with Crippen LogP contribution in [0.1, 0.15) is 13.8 Å². The summed E-state index contributed by atoms with van der Waals surface area (Å²) in [4.78, 5) is 19.4. The number of hydrogen-bond donors (Lipinski definition) is 0. The molecule has 0 N–H and O–H groups in total. The van der Waals surface area contributed by atoms with Crippen molar-refractivity contribution < 1.29 is 18.9 Å². The average molecular weight is 178 g/mol. The van der Waals surface area contributed by atoms with E-state index in [4.69, 9.17) is 0 Å². The van der Waals surface area contributed by atoms with Crippen LogP contribution in [-0.2, 0) is 9.09 Å². The SMILES string of the molecule is CC(C)OP(=O)([O-])[O-].[Ca+2]. The van der Waals surface area contributed by atoms with Crippen molar-refractivity contribution in [2.75, 3.05) is 0 Å². The first kappa shape index (κ1) is 13.0. The quantitative estimate of drug-likeness (QED) is 0.395. The Labute approximate surface area is 83.8 Å². The Morgan fingerprint density at radius 3 is 1.78 bits per heavy atom. The number of hydrogen-bond acceptors (Lipinski definition) is 4. The van der Waals surface area contributed by atoms with E-state index >= 15 is 0 Å². The Morgan fingerprint density at radius 2 is 1.78 bits per heavy atom. The van der Waals surface area contributed by atoms with E-state index in [0.29, 0.717) is 0 Å². The van der Waals surface area contributed by atoms with Crippen LogP contribution in [0.2, 0.25) is 0 Å². The van der Waals surface area contributed by atoms with Crippen molar-refractivity contribution in [2.45, 2.75) is 20.0 Å². The molecule has 0 saturated carbocycles. The first-order valence-electron chi connectivity index (χ1n) is 2.12. The summed E-state index contributed by atoms with van der Waals surface area (Å²) in [6.45, 7) is 2.95. The van der Waals surface area contributed by atoms with E-state index in [1.807, 2.05) is 0 Å². The zero-order valence-electron chi connectivity index (χ0n) is 5.36. The summed E-state index contributed by atoms with van der Waals surface area (Å²) in [6, 6.07) is 0. The Kier molecular flexibility index (Phi) is 7.33. The molecular weight excluding hydrogens is 171 g/mol. The predicted molar refractivity (Wildman–Crippen MR) is 29.6 cm³/mol. The van der Waals surface area contributed by atoms with E-state index < -0.39 is 13.9 Å². The molecule has 0 aliphatic heterocycles. The van der Waals surface area contributed by atoms with Gasteiger partial charge in [0.1, 0.15) is 0 Å². The number of phosphoric acid groups is 1. The number of phosphoric ester groups is 1. The molecule has 0 aliphatic carbocycles. The van der Waals surface area contributed by atoms with Crippen LogP contribution in [0.15, 0.2) is 0 Å². The molecule has 0 radical (unpaired) electrons. The molecule has 0 aromatic heterocycles. The fourth-order valence-corrected chi connectivity index (χ4v) is 0.775. The second kappa shape index (κ2) is 5.08. The molecule has 0 unspecified atom stereocenters. The minimum atomic E-state index is -4.72. The van der Waals surface area contributed by atoms with Crippen LogP contribution in [0.4, 0.5) is 0 Å². The first-order valence-corrected chi connectivity index (χ1v) is 3.58. The first-order chi connectivity index (χ1) is 3.42. The van der Waals surface area contributed by atoms with Crippen LogP contribution in [-0.4, -0.2) is 43.8 Å². The van der Waals surface area contributed by atoms with Crippen LogP contribution < -0.4 is 9.79 Å². The fraction of sp³-hybridized carbons (Fsp3) is 1.00. The third-order valence-electron chi connectivity index (χ3n) is 0.340. The van der Waals surface area contributed by atoms with Gasteiger partial charge in [-0.25, -0.2) is 0 Å². The van der Waals surface area contributed by atoms with E-state index in [-0.39, 0.29) is 37.7 Å². The maximum atomic E-state index is 9.69. The van der Waals surface area contributed by atoms with Gasteiger partial charge in [0.2, 0.25) is 0 Å². The molecular formula is C3H7CaO4P. The normalized spacial score (nSPS) is 11.2. The smallest absolute Gasteiger partial charge is 0.790 e. The van der Waals surface area contributed by atoms with Crippen LogP contribution in [0.25, 0.3) is 0 Å². The van der Waals surface area contributed by atoms with E-state index in [0.717, 1.165) is 0 Å². The Bertz CT molecular complexity index is 108. The Hall–Kier alpha value is 1.37. The molecule has 0 bridgehead atoms. The molecule has 6 heteroatoms. The average Bonchev–Trinajstić information content (AvgIpc) is 1.21. The zero-order chi connectivity index (χ0) is 6.78. The molecule has 9 heavy (non-hydrogen) atoms. The maximum Gasteiger partial charge on any atom is 2.00 e. The predicted octanol–water partition coefficient (Wildman–Crippen LogP) is -1.14. The summed E-state index contributed by atoms with van der Waals surface area (Å²) < 4.78 is 13.6. The summed E-state index contributed by atoms with van der Waals surface area (Å²) in [5, 5.41) is 0. The molecule has 0 heterocycles. The van der Waals surface area contributed by atoms with Gasteiger partial charge in [-0.1, -0.05) is 0 Å². The molecule has 0 rings (SSSR count). The van der Waals surface area contributed by atoms with Gasteiger partial charge in [0.25, 0.3) is 0 Å². The summed E-state index contributed by atoms with van der Waals surface area (Å²) >= 11 is 0. The second-order valence-electron chi connectivity index (χ2n) is 1.60. The van der Waals surface area contributed by atoms with E-state index in [9.17, 15) is 14.4 Å². The Balaban J connectivity index is 0. The van der Waals surface area contributed by atoms with E-state index in [1.165, 1.54) is 13.8 Å². The topological polar surface area (TPSA) is 72.4 Å².